The lowest BCUT2D eigenvalue weighted by Gasteiger charge is -2.23. The molecule has 3 aromatic rings. The highest BCUT2D eigenvalue weighted by molar-refractivity contribution is 6.05. The van der Waals surface area contributed by atoms with E-state index in [1.165, 1.54) is 13.2 Å². The van der Waals surface area contributed by atoms with E-state index in [9.17, 15) is 14.4 Å². The van der Waals surface area contributed by atoms with Crippen LogP contribution in [0.5, 0.6) is 0 Å². The van der Waals surface area contributed by atoms with Crippen molar-refractivity contribution in [3.8, 4) is 0 Å². The van der Waals surface area contributed by atoms with Crippen LogP contribution in [-0.4, -0.2) is 47.5 Å². The van der Waals surface area contributed by atoms with Gasteiger partial charge in [-0.05, 0) is 41.5 Å². The second-order valence-electron chi connectivity index (χ2n) is 10.4. The zero-order valence-corrected chi connectivity index (χ0v) is 21.8. The molecule has 1 aromatic heterocycles. The number of amides is 2. The number of hydrogen-bond acceptors (Lipinski definition) is 6. The third-order valence-electron chi connectivity index (χ3n) is 7.23. The van der Waals surface area contributed by atoms with E-state index in [0.29, 0.717) is 31.1 Å². The molecular weight excluding hydrogens is 482 g/mol. The van der Waals surface area contributed by atoms with Crippen LogP contribution in [0.25, 0.3) is 6.08 Å². The van der Waals surface area contributed by atoms with Crippen LogP contribution in [0.15, 0.2) is 60.9 Å². The van der Waals surface area contributed by atoms with Gasteiger partial charge in [0, 0.05) is 67.0 Å². The Balaban J connectivity index is 1.35. The minimum atomic E-state index is -0.441. The summed E-state index contributed by atoms with van der Waals surface area (Å²) in [6.45, 7) is 5.71. The number of carbonyl (C=O) groups is 3. The molecule has 1 fully saturated rings. The van der Waals surface area contributed by atoms with Crippen molar-refractivity contribution in [3.05, 3.63) is 77.9 Å². The number of hydrogen-bond donors (Lipinski definition) is 1. The average Bonchev–Trinajstić information content (AvgIpc) is 3.58. The van der Waals surface area contributed by atoms with Crippen LogP contribution in [0.1, 0.15) is 37.2 Å². The van der Waals surface area contributed by atoms with Crippen LogP contribution in [-0.2, 0) is 31.1 Å². The van der Waals surface area contributed by atoms with Gasteiger partial charge in [-0.2, -0.15) is 0 Å². The Labute approximate surface area is 221 Å². The second kappa shape index (κ2) is 9.81. The van der Waals surface area contributed by atoms with E-state index >= 15 is 0 Å². The Morgan fingerprint density at radius 2 is 2.03 bits per heavy atom. The van der Waals surface area contributed by atoms with Crippen molar-refractivity contribution < 1.29 is 19.1 Å². The van der Waals surface area contributed by atoms with Gasteiger partial charge in [-0.1, -0.05) is 32.0 Å². The number of ether oxygens (including phenoxy) is 1. The second-order valence-corrected chi connectivity index (χ2v) is 10.4. The molecule has 5 rings (SSSR count). The molecule has 2 aliphatic heterocycles. The van der Waals surface area contributed by atoms with Gasteiger partial charge in [0.25, 0.3) is 0 Å². The van der Waals surface area contributed by atoms with Crippen molar-refractivity contribution in [3.63, 3.8) is 0 Å². The molecule has 2 N–H and O–H groups in total. The number of nitrogens with zero attached hydrogens (tertiary/aromatic N) is 4. The lowest BCUT2D eigenvalue weighted by atomic mass is 9.86. The molecule has 0 radical (unpaired) electrons. The standard InChI is InChI=1S/C29H31N5O4/c1-29(2)18-34(28(37)20-14-26(35)33(17-20)22-6-4-5-21(30)15-22)24-8-7-19(13-23(24)29)16-32-12-11-31-25(32)9-10-27(36)38-3/h4-13,15,20H,14,16-18,30H2,1-3H3. The molecule has 1 saturated heterocycles. The highest BCUT2D eigenvalue weighted by Gasteiger charge is 2.43. The predicted octanol–water partition coefficient (Wildman–Crippen LogP) is 3.38. The molecule has 2 aromatic carbocycles. The molecule has 0 saturated carbocycles. The third-order valence-corrected chi connectivity index (χ3v) is 7.23. The maximum atomic E-state index is 13.7. The zero-order chi connectivity index (χ0) is 27.0. The topological polar surface area (TPSA) is 111 Å². The van der Waals surface area contributed by atoms with Crippen LogP contribution >= 0.6 is 0 Å². The number of esters is 1. The fourth-order valence-corrected chi connectivity index (χ4v) is 5.28. The van der Waals surface area contributed by atoms with E-state index in [2.05, 4.69) is 29.6 Å². The molecule has 3 heterocycles. The van der Waals surface area contributed by atoms with Crippen molar-refractivity contribution in [2.24, 2.45) is 5.92 Å². The Hall–Kier alpha value is -4.40. The summed E-state index contributed by atoms with van der Waals surface area (Å²) >= 11 is 0. The SMILES string of the molecule is COC(=O)C=Cc1nccn1Cc1ccc2c(c1)C(C)(C)CN2C(=O)C1CC(=O)N(c2cccc(N)c2)C1. The van der Waals surface area contributed by atoms with Crippen LogP contribution in [0, 0.1) is 5.92 Å². The summed E-state index contributed by atoms with van der Waals surface area (Å²) in [5.41, 5.74) is 9.99. The number of methoxy groups -OCH3 is 1. The van der Waals surface area contributed by atoms with Crippen molar-refractivity contribution in [1.82, 2.24) is 9.55 Å². The molecule has 2 aliphatic rings. The van der Waals surface area contributed by atoms with E-state index in [0.717, 1.165) is 22.5 Å². The smallest absolute Gasteiger partial charge is 0.330 e. The maximum absolute atomic E-state index is 13.7. The number of fused-ring (bicyclic) bond motifs is 1. The van der Waals surface area contributed by atoms with Gasteiger partial charge >= 0.3 is 5.97 Å². The van der Waals surface area contributed by atoms with Crippen LogP contribution < -0.4 is 15.5 Å². The largest absolute Gasteiger partial charge is 0.466 e. The molecule has 2 amide bonds. The normalized spacial score (nSPS) is 18.3. The Morgan fingerprint density at radius 3 is 2.79 bits per heavy atom. The van der Waals surface area contributed by atoms with Crippen molar-refractivity contribution in [2.75, 3.05) is 35.7 Å². The summed E-state index contributed by atoms with van der Waals surface area (Å²) < 4.78 is 6.61. The van der Waals surface area contributed by atoms with Crippen molar-refractivity contribution in [1.29, 1.82) is 0 Å². The third kappa shape index (κ3) is 4.79. The fourth-order valence-electron chi connectivity index (χ4n) is 5.28. The molecule has 196 valence electrons. The monoisotopic (exact) mass is 513 g/mol. The molecule has 38 heavy (non-hydrogen) atoms. The highest BCUT2D eigenvalue weighted by Crippen LogP contribution is 2.42. The van der Waals surface area contributed by atoms with Gasteiger partial charge in [0.2, 0.25) is 11.8 Å². The Kier molecular flexibility index (Phi) is 6.52. The minimum Gasteiger partial charge on any atom is -0.466 e. The summed E-state index contributed by atoms with van der Waals surface area (Å²) in [6, 6.07) is 13.3. The van der Waals surface area contributed by atoms with Crippen LogP contribution in [0.2, 0.25) is 0 Å². The molecule has 0 spiro atoms. The number of benzene rings is 2. The summed E-state index contributed by atoms with van der Waals surface area (Å²) in [6.07, 6.45) is 6.69. The van der Waals surface area contributed by atoms with E-state index in [1.54, 1.807) is 29.3 Å². The average molecular weight is 514 g/mol. The molecule has 1 atom stereocenters. The number of nitrogens with two attached hydrogens (primary N) is 1. The first-order valence-electron chi connectivity index (χ1n) is 12.5. The predicted molar refractivity (Wildman–Crippen MR) is 146 cm³/mol. The first-order valence-corrected chi connectivity index (χ1v) is 12.5. The number of anilines is 3. The quantitative estimate of drug-likeness (QED) is 0.307. The molecule has 9 nitrogen and oxygen atoms in total. The van der Waals surface area contributed by atoms with E-state index in [4.69, 9.17) is 5.73 Å². The number of imidazole rings is 1. The van der Waals surface area contributed by atoms with Crippen molar-refractivity contribution >= 4 is 40.9 Å². The molecule has 0 aliphatic carbocycles. The Bertz CT molecular complexity index is 1440. The van der Waals surface area contributed by atoms with Gasteiger partial charge in [0.1, 0.15) is 5.82 Å². The van der Waals surface area contributed by atoms with Gasteiger partial charge in [-0.15, -0.1) is 0 Å². The lowest BCUT2D eigenvalue weighted by Crippen LogP contribution is -2.39. The van der Waals surface area contributed by atoms with Crippen LogP contribution in [0.4, 0.5) is 17.1 Å². The van der Waals surface area contributed by atoms with Crippen molar-refractivity contribution in [2.45, 2.75) is 32.2 Å². The molecule has 9 heteroatoms. The minimum absolute atomic E-state index is 0.0332. The summed E-state index contributed by atoms with van der Waals surface area (Å²) in [5, 5.41) is 0. The lowest BCUT2D eigenvalue weighted by molar-refractivity contribution is -0.134. The van der Waals surface area contributed by atoms with E-state index in [-0.39, 0.29) is 23.7 Å². The van der Waals surface area contributed by atoms with Gasteiger partial charge in [0.05, 0.1) is 13.0 Å². The summed E-state index contributed by atoms with van der Waals surface area (Å²) in [4.78, 5) is 45.8. The van der Waals surface area contributed by atoms with E-state index < -0.39 is 11.9 Å². The zero-order valence-electron chi connectivity index (χ0n) is 21.8. The number of rotatable bonds is 6. The van der Waals surface area contributed by atoms with Gasteiger partial charge in [-0.3, -0.25) is 9.59 Å². The number of aromatic nitrogens is 2. The highest BCUT2D eigenvalue weighted by atomic mass is 16.5. The molecule has 1 unspecified atom stereocenters. The number of carbonyl (C=O) groups excluding carboxylic acids is 3. The number of nitrogen functional groups attached to an aromatic ring is 1. The fraction of sp³-hybridized carbons (Fsp3) is 0.310. The maximum Gasteiger partial charge on any atom is 0.330 e. The summed E-state index contributed by atoms with van der Waals surface area (Å²) in [5.74, 6) is -0.318. The van der Waals surface area contributed by atoms with Gasteiger partial charge in [0.15, 0.2) is 0 Å². The van der Waals surface area contributed by atoms with Gasteiger partial charge in [-0.25, -0.2) is 9.78 Å². The first kappa shape index (κ1) is 25.3. The van der Waals surface area contributed by atoms with Gasteiger partial charge < -0.3 is 24.8 Å². The summed E-state index contributed by atoms with van der Waals surface area (Å²) in [7, 11) is 1.33. The van der Waals surface area contributed by atoms with Crippen LogP contribution in [0.3, 0.4) is 0 Å². The Morgan fingerprint density at radius 1 is 1.21 bits per heavy atom. The first-order chi connectivity index (χ1) is 18.2. The van der Waals surface area contributed by atoms with E-state index in [1.807, 2.05) is 39.9 Å². The molecular formula is C29H31N5O4. The molecule has 0 bridgehead atoms.